The molecule has 1 fully saturated rings. The fourth-order valence-corrected chi connectivity index (χ4v) is 2.74. The number of halogens is 2. The van der Waals surface area contributed by atoms with Crippen LogP contribution in [-0.4, -0.2) is 15.2 Å². The van der Waals surface area contributed by atoms with Crippen molar-refractivity contribution in [3.8, 4) is 0 Å². The first kappa shape index (κ1) is 12.8. The van der Waals surface area contributed by atoms with Gasteiger partial charge in [-0.05, 0) is 31.5 Å². The van der Waals surface area contributed by atoms with E-state index in [0.717, 1.165) is 0 Å². The van der Waals surface area contributed by atoms with E-state index in [1.54, 1.807) is 32.0 Å². The Hall–Kier alpha value is -1.26. The first-order chi connectivity index (χ1) is 8.82. The number of carbonyl (C=O) groups is 1. The van der Waals surface area contributed by atoms with Crippen LogP contribution in [0.4, 0.5) is 5.69 Å². The highest BCUT2D eigenvalue weighted by Gasteiger charge is 2.67. The molecule has 0 aliphatic heterocycles. The molecule has 1 heterocycles. The Bertz CT molecular complexity index is 680. The van der Waals surface area contributed by atoms with Crippen molar-refractivity contribution in [3.05, 3.63) is 24.1 Å². The van der Waals surface area contributed by atoms with Gasteiger partial charge in [0.2, 0.25) is 5.91 Å². The van der Waals surface area contributed by atoms with Crippen LogP contribution >= 0.6 is 23.2 Å². The highest BCUT2D eigenvalue weighted by Crippen LogP contribution is 2.64. The van der Waals surface area contributed by atoms with E-state index in [1.165, 1.54) is 0 Å². The molecule has 4 nitrogen and oxygen atoms in total. The van der Waals surface area contributed by atoms with Crippen molar-refractivity contribution < 1.29 is 9.21 Å². The van der Waals surface area contributed by atoms with Crippen LogP contribution < -0.4 is 5.32 Å². The number of alkyl halides is 2. The number of fused-ring (bicyclic) bond motifs is 1. The molecule has 1 aliphatic rings. The molecular weight excluding hydrogens is 287 g/mol. The van der Waals surface area contributed by atoms with Crippen LogP contribution in [0.15, 0.2) is 22.6 Å². The second kappa shape index (κ2) is 3.87. The lowest BCUT2D eigenvalue weighted by molar-refractivity contribution is -0.120. The van der Waals surface area contributed by atoms with Crippen molar-refractivity contribution in [3.63, 3.8) is 0 Å². The third kappa shape index (κ3) is 1.99. The fourth-order valence-electron chi connectivity index (χ4n) is 2.04. The second-order valence-electron chi connectivity index (χ2n) is 5.08. The minimum Gasteiger partial charge on any atom is -0.441 e. The second-order valence-corrected chi connectivity index (χ2v) is 6.57. The lowest BCUT2D eigenvalue weighted by Gasteiger charge is -2.12. The van der Waals surface area contributed by atoms with Crippen LogP contribution in [0.3, 0.4) is 0 Å². The standard InChI is InChI=1S/C13H12Cl2N2O2/c1-7-16-9-5-8(3-4-10(9)19-7)17-11(18)12(2)6-13(12,14)15/h3-5H,6H2,1-2H3,(H,17,18)/t12-/m0/s1. The van der Waals surface area contributed by atoms with Gasteiger partial charge in [-0.3, -0.25) is 4.79 Å². The van der Waals surface area contributed by atoms with Crippen LogP contribution in [0.25, 0.3) is 11.1 Å². The average Bonchev–Trinajstić information content (AvgIpc) is 2.66. The summed E-state index contributed by atoms with van der Waals surface area (Å²) in [5, 5.41) is 2.81. The van der Waals surface area contributed by atoms with Gasteiger partial charge in [0.1, 0.15) is 9.85 Å². The summed E-state index contributed by atoms with van der Waals surface area (Å²) in [5.41, 5.74) is 1.32. The van der Waals surface area contributed by atoms with Gasteiger partial charge < -0.3 is 9.73 Å². The van der Waals surface area contributed by atoms with Gasteiger partial charge in [-0.25, -0.2) is 4.98 Å². The van der Waals surface area contributed by atoms with Gasteiger partial charge >= 0.3 is 0 Å². The smallest absolute Gasteiger partial charge is 0.233 e. The molecule has 1 aliphatic carbocycles. The predicted molar refractivity (Wildman–Crippen MR) is 74.5 cm³/mol. The quantitative estimate of drug-likeness (QED) is 0.861. The van der Waals surface area contributed by atoms with Crippen molar-refractivity contribution >= 4 is 45.9 Å². The molecule has 3 rings (SSSR count). The number of hydrogen-bond acceptors (Lipinski definition) is 3. The lowest BCUT2D eigenvalue weighted by Crippen LogP contribution is -2.25. The Balaban J connectivity index is 1.84. The number of hydrogen-bond donors (Lipinski definition) is 1. The lowest BCUT2D eigenvalue weighted by atomic mass is 10.1. The highest BCUT2D eigenvalue weighted by atomic mass is 35.5. The first-order valence-electron chi connectivity index (χ1n) is 5.88. The molecule has 1 N–H and O–H groups in total. The Kier molecular flexibility index (Phi) is 2.60. The average molecular weight is 299 g/mol. The number of amides is 1. The molecule has 19 heavy (non-hydrogen) atoms. The minimum atomic E-state index is -0.967. The van der Waals surface area contributed by atoms with Gasteiger partial charge in [-0.2, -0.15) is 0 Å². The van der Waals surface area contributed by atoms with E-state index in [9.17, 15) is 4.79 Å². The maximum absolute atomic E-state index is 12.1. The van der Waals surface area contributed by atoms with E-state index in [4.69, 9.17) is 27.6 Å². The number of aromatic nitrogens is 1. The summed E-state index contributed by atoms with van der Waals surface area (Å²) >= 11 is 12.0. The first-order valence-corrected chi connectivity index (χ1v) is 6.64. The molecule has 2 aromatic rings. The predicted octanol–water partition coefficient (Wildman–Crippen LogP) is 3.66. The summed E-state index contributed by atoms with van der Waals surface area (Å²) in [4.78, 5) is 16.3. The number of nitrogens with zero attached hydrogens (tertiary/aromatic N) is 1. The molecule has 1 saturated carbocycles. The molecule has 1 aromatic carbocycles. The van der Waals surface area contributed by atoms with E-state index in [-0.39, 0.29) is 5.91 Å². The third-order valence-corrected chi connectivity index (χ3v) is 4.61. The molecule has 6 heteroatoms. The molecule has 1 atom stereocenters. The normalized spacial score (nSPS) is 24.4. The zero-order valence-corrected chi connectivity index (χ0v) is 12.0. The van der Waals surface area contributed by atoms with Gasteiger partial charge in [-0.1, -0.05) is 0 Å². The molecule has 1 amide bonds. The number of benzene rings is 1. The summed E-state index contributed by atoms with van der Waals surface area (Å²) in [6.45, 7) is 3.53. The zero-order valence-electron chi connectivity index (χ0n) is 10.5. The number of nitrogens with one attached hydrogen (secondary N) is 1. The summed E-state index contributed by atoms with van der Waals surface area (Å²) in [7, 11) is 0. The fraction of sp³-hybridized carbons (Fsp3) is 0.385. The molecule has 0 saturated heterocycles. The molecular formula is C13H12Cl2N2O2. The van der Waals surface area contributed by atoms with Gasteiger partial charge in [0.25, 0.3) is 0 Å². The van der Waals surface area contributed by atoms with Crippen LogP contribution in [0.5, 0.6) is 0 Å². The number of anilines is 1. The summed E-state index contributed by atoms with van der Waals surface area (Å²) in [6, 6.07) is 5.30. The molecule has 0 spiro atoms. The van der Waals surface area contributed by atoms with Crippen LogP contribution in [0, 0.1) is 12.3 Å². The number of carbonyl (C=O) groups excluding carboxylic acids is 1. The molecule has 0 unspecified atom stereocenters. The van der Waals surface area contributed by atoms with Crippen molar-refractivity contribution in [2.45, 2.75) is 24.6 Å². The van der Waals surface area contributed by atoms with E-state index < -0.39 is 9.75 Å². The maximum atomic E-state index is 12.1. The monoisotopic (exact) mass is 298 g/mol. The Morgan fingerprint density at radius 2 is 2.16 bits per heavy atom. The molecule has 100 valence electrons. The summed E-state index contributed by atoms with van der Waals surface area (Å²) in [6.07, 6.45) is 0.459. The van der Waals surface area contributed by atoms with Gasteiger partial charge in [-0.15, -0.1) is 23.2 Å². The van der Waals surface area contributed by atoms with E-state index in [1.807, 2.05) is 0 Å². The van der Waals surface area contributed by atoms with Crippen LogP contribution in [0.1, 0.15) is 19.2 Å². The van der Waals surface area contributed by atoms with Crippen LogP contribution in [0.2, 0.25) is 0 Å². The van der Waals surface area contributed by atoms with E-state index in [0.29, 0.717) is 29.1 Å². The third-order valence-electron chi connectivity index (χ3n) is 3.51. The number of aryl methyl sites for hydroxylation is 1. The van der Waals surface area contributed by atoms with Gasteiger partial charge in [0.05, 0.1) is 5.41 Å². The SMILES string of the molecule is Cc1nc2cc(NC(=O)[C@]3(C)CC3(Cl)Cl)ccc2o1. The maximum Gasteiger partial charge on any atom is 0.233 e. The molecule has 0 radical (unpaired) electrons. The highest BCUT2D eigenvalue weighted by molar-refractivity contribution is 6.53. The largest absolute Gasteiger partial charge is 0.441 e. The van der Waals surface area contributed by atoms with E-state index >= 15 is 0 Å². The van der Waals surface area contributed by atoms with Crippen molar-refractivity contribution in [2.75, 3.05) is 5.32 Å². The van der Waals surface area contributed by atoms with Gasteiger partial charge in [0, 0.05) is 12.6 Å². The molecule has 0 bridgehead atoms. The van der Waals surface area contributed by atoms with Gasteiger partial charge in [0.15, 0.2) is 11.5 Å². The Morgan fingerprint density at radius 1 is 1.47 bits per heavy atom. The summed E-state index contributed by atoms with van der Waals surface area (Å²) < 4.78 is 4.41. The zero-order chi connectivity index (χ0) is 13.8. The summed E-state index contributed by atoms with van der Waals surface area (Å²) in [5.74, 6) is 0.408. The number of oxazole rings is 1. The van der Waals surface area contributed by atoms with Crippen LogP contribution in [-0.2, 0) is 4.79 Å². The van der Waals surface area contributed by atoms with Crippen molar-refractivity contribution in [1.82, 2.24) is 4.98 Å². The van der Waals surface area contributed by atoms with Crippen molar-refractivity contribution in [1.29, 1.82) is 0 Å². The van der Waals surface area contributed by atoms with E-state index in [2.05, 4.69) is 10.3 Å². The number of rotatable bonds is 2. The minimum absolute atomic E-state index is 0.183. The Labute approximate surface area is 120 Å². The Morgan fingerprint density at radius 3 is 2.79 bits per heavy atom. The topological polar surface area (TPSA) is 55.1 Å². The van der Waals surface area contributed by atoms with Crippen molar-refractivity contribution in [2.24, 2.45) is 5.41 Å². The molecule has 1 aromatic heterocycles.